The number of aliphatic carboxylic acids is 1. The molecule has 10 atom stereocenters. The molecule has 4 aliphatic carbocycles. The van der Waals surface area contributed by atoms with Gasteiger partial charge in [-0.05, 0) is 118 Å². The number of nitrogens with zero attached hydrogens (tertiary/aromatic N) is 1. The number of carbonyl (C=O) groups excluding carboxylic acids is 1. The van der Waals surface area contributed by atoms with E-state index in [0.717, 1.165) is 32.1 Å². The molecular weight excluding hydrogens is 430 g/mol. The van der Waals surface area contributed by atoms with E-state index < -0.39 is 5.97 Å². The van der Waals surface area contributed by atoms with Gasteiger partial charge in [-0.3, -0.25) is 14.5 Å². The van der Waals surface area contributed by atoms with Gasteiger partial charge in [-0.15, -0.1) is 0 Å². The number of esters is 1. The molecule has 4 fully saturated rings. The van der Waals surface area contributed by atoms with Crippen molar-refractivity contribution in [1.82, 2.24) is 4.90 Å². The Hall–Kier alpha value is -1.14. The highest BCUT2D eigenvalue weighted by atomic mass is 16.5. The second kappa shape index (κ2) is 9.72. The van der Waals surface area contributed by atoms with Crippen molar-refractivity contribution in [3.63, 3.8) is 0 Å². The monoisotopic (exact) mass is 477 g/mol. The maximum Gasteiger partial charge on any atom is 0.320 e. The van der Waals surface area contributed by atoms with Gasteiger partial charge in [0.2, 0.25) is 0 Å². The quantitative estimate of drug-likeness (QED) is 0.522. The number of aliphatic hydroxyl groups is 1. The van der Waals surface area contributed by atoms with E-state index in [9.17, 15) is 19.8 Å². The smallest absolute Gasteiger partial charge is 0.320 e. The van der Waals surface area contributed by atoms with Gasteiger partial charge in [0.25, 0.3) is 0 Å². The highest BCUT2D eigenvalue weighted by molar-refractivity contribution is 5.71. The zero-order valence-corrected chi connectivity index (χ0v) is 22.0. The number of carboxylic acid groups (broad SMARTS) is 1. The minimum Gasteiger partial charge on any atom is -0.481 e. The number of rotatable bonds is 7. The van der Waals surface area contributed by atoms with Gasteiger partial charge >= 0.3 is 11.9 Å². The fraction of sp³-hybridized carbons (Fsp3) is 0.929. The van der Waals surface area contributed by atoms with Crippen LogP contribution in [0.15, 0.2) is 0 Å². The summed E-state index contributed by atoms with van der Waals surface area (Å²) in [6, 6.07) is 0. The van der Waals surface area contributed by atoms with Crippen LogP contribution in [0.3, 0.4) is 0 Å². The average Bonchev–Trinajstić information content (AvgIpc) is 3.11. The van der Waals surface area contributed by atoms with Crippen LogP contribution in [0, 0.1) is 46.3 Å². The third-order valence-corrected chi connectivity index (χ3v) is 11.0. The normalized spacial score (nSPS) is 44.6. The molecule has 6 nitrogen and oxygen atoms in total. The van der Waals surface area contributed by atoms with E-state index in [2.05, 4.69) is 20.8 Å². The summed E-state index contributed by atoms with van der Waals surface area (Å²) in [6.45, 7) is 7.32. The third-order valence-electron chi connectivity index (χ3n) is 11.0. The molecule has 0 aliphatic heterocycles. The summed E-state index contributed by atoms with van der Waals surface area (Å²) in [5, 5.41) is 20.8. The van der Waals surface area contributed by atoms with Crippen molar-refractivity contribution in [2.45, 2.75) is 97.2 Å². The molecule has 4 saturated carbocycles. The van der Waals surface area contributed by atoms with Crippen LogP contribution in [-0.2, 0) is 14.3 Å². The minimum atomic E-state index is -0.718. The van der Waals surface area contributed by atoms with Crippen molar-refractivity contribution >= 4 is 11.9 Å². The lowest BCUT2D eigenvalue weighted by Crippen LogP contribution is -2.59. The SMILES string of the molecule is C[C@H](CCC(=O)O)[C@H]1CC[C@H]2[C@@H]3CC[C@@H]4C[C@H](OC(=O)CN(C)C)CC[C@]4(C)[C@H]3C[C@H](O)[C@]12C. The first-order valence-electron chi connectivity index (χ1n) is 13.7. The Kier molecular flexibility index (Phi) is 7.42. The fourth-order valence-corrected chi connectivity index (χ4v) is 9.28. The molecule has 0 unspecified atom stereocenters. The van der Waals surface area contributed by atoms with Crippen molar-refractivity contribution in [3.8, 4) is 0 Å². The number of likely N-dealkylation sites (N-methyl/N-ethyl adjacent to an activating group) is 1. The highest BCUT2D eigenvalue weighted by Crippen LogP contribution is 2.68. The van der Waals surface area contributed by atoms with Crippen LogP contribution in [0.1, 0.15) is 85.0 Å². The lowest BCUT2D eigenvalue weighted by atomic mass is 9.43. The number of fused-ring (bicyclic) bond motifs is 5. The first-order valence-corrected chi connectivity index (χ1v) is 13.7. The second-order valence-corrected chi connectivity index (χ2v) is 13.0. The van der Waals surface area contributed by atoms with Gasteiger partial charge in [-0.25, -0.2) is 0 Å². The first-order chi connectivity index (χ1) is 16.0. The van der Waals surface area contributed by atoms with Crippen molar-refractivity contribution in [2.75, 3.05) is 20.6 Å². The molecule has 0 radical (unpaired) electrons. The largest absolute Gasteiger partial charge is 0.481 e. The maximum absolute atomic E-state index is 12.2. The van der Waals surface area contributed by atoms with Gasteiger partial charge in [-0.2, -0.15) is 0 Å². The van der Waals surface area contributed by atoms with Gasteiger partial charge in [-0.1, -0.05) is 20.8 Å². The minimum absolute atomic E-state index is 0.0341. The van der Waals surface area contributed by atoms with Gasteiger partial charge < -0.3 is 14.9 Å². The van der Waals surface area contributed by atoms with Crippen LogP contribution in [-0.4, -0.2) is 59.9 Å². The van der Waals surface area contributed by atoms with Crippen molar-refractivity contribution in [3.05, 3.63) is 0 Å². The predicted octanol–water partition coefficient (Wildman–Crippen LogP) is 4.59. The molecular formula is C28H47NO5. The molecule has 34 heavy (non-hydrogen) atoms. The summed E-state index contributed by atoms with van der Waals surface area (Å²) in [5.41, 5.74) is 0.115. The van der Waals surface area contributed by atoms with Crippen molar-refractivity contribution in [2.24, 2.45) is 46.3 Å². The Balaban J connectivity index is 1.46. The van der Waals surface area contributed by atoms with E-state index >= 15 is 0 Å². The van der Waals surface area contributed by atoms with Crippen LogP contribution in [0.5, 0.6) is 0 Å². The molecule has 2 N–H and O–H groups in total. The number of ether oxygens (including phenoxy) is 1. The van der Waals surface area contributed by atoms with E-state index in [1.54, 1.807) is 0 Å². The van der Waals surface area contributed by atoms with E-state index in [1.165, 1.54) is 19.3 Å². The number of carboxylic acids is 1. The Morgan fingerprint density at radius 2 is 1.79 bits per heavy atom. The number of carbonyl (C=O) groups is 2. The molecule has 0 saturated heterocycles. The molecule has 0 aromatic carbocycles. The Labute approximate surface area is 205 Å². The van der Waals surface area contributed by atoms with E-state index in [4.69, 9.17) is 4.74 Å². The molecule has 4 rings (SSSR count). The topological polar surface area (TPSA) is 87.1 Å². The molecule has 0 aromatic heterocycles. The van der Waals surface area contributed by atoms with E-state index in [0.29, 0.717) is 48.5 Å². The van der Waals surface area contributed by atoms with Crippen LogP contribution in [0.2, 0.25) is 0 Å². The van der Waals surface area contributed by atoms with Crippen LogP contribution in [0.4, 0.5) is 0 Å². The van der Waals surface area contributed by atoms with Crippen LogP contribution in [0.25, 0.3) is 0 Å². The van der Waals surface area contributed by atoms with Crippen molar-refractivity contribution < 1.29 is 24.5 Å². The average molecular weight is 478 g/mol. The standard InChI is InChI=1S/C28H47NO5/c1-17(6-11-25(31)32)21-9-10-22-20-8-7-18-14-19(34-26(33)16-29(4)5)12-13-27(18,2)23(20)15-24(30)28(21,22)3/h17-24,30H,6-16H2,1-5H3,(H,31,32)/t17-,18-,19-,20+,21-,22+,23+,24+,27+,28-/m1/s1. The molecule has 0 spiro atoms. The van der Waals surface area contributed by atoms with Gasteiger partial charge in [0.05, 0.1) is 12.6 Å². The zero-order valence-electron chi connectivity index (χ0n) is 22.0. The summed E-state index contributed by atoms with van der Waals surface area (Å²) >= 11 is 0. The summed E-state index contributed by atoms with van der Waals surface area (Å²) in [4.78, 5) is 25.2. The Morgan fingerprint density at radius 3 is 2.47 bits per heavy atom. The lowest BCUT2D eigenvalue weighted by Gasteiger charge is -2.62. The summed E-state index contributed by atoms with van der Waals surface area (Å²) < 4.78 is 5.85. The molecule has 0 amide bonds. The molecule has 0 aromatic rings. The number of hydrogen-bond donors (Lipinski definition) is 2. The summed E-state index contributed by atoms with van der Waals surface area (Å²) in [6.07, 6.45) is 9.19. The predicted molar refractivity (Wildman–Crippen MR) is 131 cm³/mol. The lowest BCUT2D eigenvalue weighted by molar-refractivity contribution is -0.181. The van der Waals surface area contributed by atoms with E-state index in [-0.39, 0.29) is 35.4 Å². The fourth-order valence-electron chi connectivity index (χ4n) is 9.28. The summed E-state index contributed by atoms with van der Waals surface area (Å²) in [7, 11) is 3.78. The maximum atomic E-state index is 12.2. The second-order valence-electron chi connectivity index (χ2n) is 13.0. The number of aliphatic hydroxyl groups excluding tert-OH is 1. The van der Waals surface area contributed by atoms with E-state index in [1.807, 2.05) is 19.0 Å². The highest BCUT2D eigenvalue weighted by Gasteiger charge is 2.63. The molecule has 0 bridgehead atoms. The van der Waals surface area contributed by atoms with Gasteiger partial charge in [0.15, 0.2) is 0 Å². The molecule has 6 heteroatoms. The Morgan fingerprint density at radius 1 is 1.06 bits per heavy atom. The van der Waals surface area contributed by atoms with Crippen molar-refractivity contribution in [1.29, 1.82) is 0 Å². The zero-order chi connectivity index (χ0) is 24.8. The Bertz CT molecular complexity index is 770. The van der Waals surface area contributed by atoms with Crippen LogP contribution >= 0.6 is 0 Å². The molecule has 0 heterocycles. The third kappa shape index (κ3) is 4.54. The van der Waals surface area contributed by atoms with Gasteiger partial charge in [0.1, 0.15) is 6.10 Å². The first kappa shape index (κ1) is 25.9. The van der Waals surface area contributed by atoms with Crippen LogP contribution < -0.4 is 0 Å². The molecule has 4 aliphatic rings. The summed E-state index contributed by atoms with van der Waals surface area (Å²) in [5.74, 6) is 2.18. The van der Waals surface area contributed by atoms with Gasteiger partial charge in [0, 0.05) is 6.42 Å². The molecule has 194 valence electrons. The number of hydrogen-bond acceptors (Lipinski definition) is 5.